The molecule has 262 valence electrons. The van der Waals surface area contributed by atoms with E-state index in [-0.39, 0.29) is 10.8 Å². The van der Waals surface area contributed by atoms with Gasteiger partial charge in [-0.15, -0.1) is 0 Å². The summed E-state index contributed by atoms with van der Waals surface area (Å²) in [5, 5.41) is 6.13. The number of benzene rings is 7. The zero-order chi connectivity index (χ0) is 36.7. The molecule has 7 aromatic carbocycles. The third-order valence-corrected chi connectivity index (χ3v) is 10.2. The van der Waals surface area contributed by atoms with Crippen molar-refractivity contribution in [2.75, 3.05) is 10.2 Å². The Hall–Kier alpha value is -6.06. The molecule has 0 amide bonds. The first-order valence-corrected chi connectivity index (χ1v) is 18.5. The molecular formula is C50H46N2O. The van der Waals surface area contributed by atoms with Gasteiger partial charge in [0, 0.05) is 39.6 Å². The summed E-state index contributed by atoms with van der Waals surface area (Å²) in [6.45, 7) is 13.6. The van der Waals surface area contributed by atoms with E-state index in [1.807, 2.05) is 6.07 Å². The van der Waals surface area contributed by atoms with E-state index in [0.29, 0.717) is 0 Å². The van der Waals surface area contributed by atoms with Gasteiger partial charge in [-0.2, -0.15) is 0 Å². The van der Waals surface area contributed by atoms with Gasteiger partial charge in [-0.25, -0.2) is 0 Å². The van der Waals surface area contributed by atoms with E-state index in [4.69, 9.17) is 4.42 Å². The molecule has 3 heteroatoms. The zero-order valence-corrected chi connectivity index (χ0v) is 31.4. The lowest BCUT2D eigenvalue weighted by Gasteiger charge is -2.27. The van der Waals surface area contributed by atoms with Crippen LogP contribution in [0.25, 0.3) is 44.2 Å². The molecule has 0 fully saturated rings. The number of rotatable bonds is 7. The van der Waals surface area contributed by atoms with Crippen LogP contribution in [0, 0.1) is 0 Å². The van der Waals surface area contributed by atoms with Gasteiger partial charge in [-0.1, -0.05) is 163 Å². The Balaban J connectivity index is 1.35. The molecule has 0 atom stereocenters. The van der Waals surface area contributed by atoms with E-state index in [1.54, 1.807) is 0 Å². The highest BCUT2D eigenvalue weighted by atomic mass is 16.3. The number of hydrogen-bond donors (Lipinski definition) is 1. The molecule has 53 heavy (non-hydrogen) atoms. The highest BCUT2D eigenvalue weighted by Gasteiger charge is 2.22. The summed E-state index contributed by atoms with van der Waals surface area (Å²) in [7, 11) is 0. The topological polar surface area (TPSA) is 28.4 Å². The average molecular weight is 691 g/mol. The Kier molecular flexibility index (Phi) is 8.66. The molecule has 0 aliphatic heterocycles. The van der Waals surface area contributed by atoms with Crippen molar-refractivity contribution in [2.24, 2.45) is 0 Å². The number of para-hydroxylation sites is 4. The van der Waals surface area contributed by atoms with Gasteiger partial charge in [-0.05, 0) is 69.5 Å². The van der Waals surface area contributed by atoms with Crippen LogP contribution in [-0.4, -0.2) is 0 Å². The quantitative estimate of drug-likeness (QED) is 0.180. The molecular weight excluding hydrogens is 645 g/mol. The van der Waals surface area contributed by atoms with Gasteiger partial charge >= 0.3 is 0 Å². The predicted octanol–water partition coefficient (Wildman–Crippen LogP) is 14.7. The van der Waals surface area contributed by atoms with Gasteiger partial charge in [0.15, 0.2) is 0 Å². The second kappa shape index (κ2) is 13.5. The molecule has 8 aromatic rings. The summed E-state index contributed by atoms with van der Waals surface area (Å²) in [6, 6.07) is 58.6. The SMILES string of the molecule is CC(C)(C)c1ccc(-c2cccc(-c3ccc(C(C)(C)C)cc3)c2Nc2cc(N(c3ccccc3)c3ccccc3)c3c(c2)oc2ccccc23)cc1. The molecule has 8 rings (SSSR count). The summed E-state index contributed by atoms with van der Waals surface area (Å²) < 4.78 is 6.65. The first-order chi connectivity index (χ1) is 25.5. The predicted molar refractivity (Wildman–Crippen MR) is 226 cm³/mol. The summed E-state index contributed by atoms with van der Waals surface area (Å²) in [5.41, 5.74) is 14.2. The highest BCUT2D eigenvalue weighted by Crippen LogP contribution is 2.46. The summed E-state index contributed by atoms with van der Waals surface area (Å²) in [6.07, 6.45) is 0. The Bertz CT molecular complexity index is 2400. The summed E-state index contributed by atoms with van der Waals surface area (Å²) in [4.78, 5) is 2.33. The maximum Gasteiger partial charge on any atom is 0.139 e. The van der Waals surface area contributed by atoms with Crippen LogP contribution < -0.4 is 10.2 Å². The molecule has 0 saturated carbocycles. The van der Waals surface area contributed by atoms with Crippen molar-refractivity contribution in [2.45, 2.75) is 52.4 Å². The van der Waals surface area contributed by atoms with Gasteiger partial charge in [0.1, 0.15) is 11.2 Å². The number of anilines is 5. The molecule has 0 unspecified atom stereocenters. The fraction of sp³-hybridized carbons (Fsp3) is 0.160. The van der Waals surface area contributed by atoms with Crippen molar-refractivity contribution in [3.63, 3.8) is 0 Å². The van der Waals surface area contributed by atoms with E-state index in [1.165, 1.54) is 11.1 Å². The number of nitrogens with zero attached hydrogens (tertiary/aromatic N) is 1. The Morgan fingerprint density at radius 3 is 1.47 bits per heavy atom. The number of nitrogens with one attached hydrogen (secondary N) is 1. The monoisotopic (exact) mass is 690 g/mol. The van der Waals surface area contributed by atoms with Crippen molar-refractivity contribution in [3.8, 4) is 22.3 Å². The third kappa shape index (κ3) is 6.71. The number of hydrogen-bond acceptors (Lipinski definition) is 3. The fourth-order valence-corrected chi connectivity index (χ4v) is 7.27. The smallest absolute Gasteiger partial charge is 0.139 e. The average Bonchev–Trinajstić information content (AvgIpc) is 3.54. The first kappa shape index (κ1) is 34.0. The molecule has 0 aliphatic carbocycles. The van der Waals surface area contributed by atoms with Crippen molar-refractivity contribution in [1.29, 1.82) is 0 Å². The molecule has 0 saturated heterocycles. The van der Waals surface area contributed by atoms with Gasteiger partial charge in [0.05, 0.1) is 16.8 Å². The lowest BCUT2D eigenvalue weighted by atomic mass is 9.85. The molecule has 1 N–H and O–H groups in total. The highest BCUT2D eigenvalue weighted by molar-refractivity contribution is 6.14. The Labute approximate surface area is 313 Å². The van der Waals surface area contributed by atoms with Crippen LogP contribution in [0.3, 0.4) is 0 Å². The second-order valence-electron chi connectivity index (χ2n) is 16.0. The van der Waals surface area contributed by atoms with Crippen LogP contribution >= 0.6 is 0 Å². The molecule has 3 nitrogen and oxygen atoms in total. The third-order valence-electron chi connectivity index (χ3n) is 10.2. The van der Waals surface area contributed by atoms with E-state index < -0.39 is 0 Å². The molecule has 0 radical (unpaired) electrons. The van der Waals surface area contributed by atoms with Crippen LogP contribution in [-0.2, 0) is 10.8 Å². The number of fused-ring (bicyclic) bond motifs is 3. The second-order valence-corrected chi connectivity index (χ2v) is 16.0. The Morgan fingerprint density at radius 1 is 0.472 bits per heavy atom. The lowest BCUT2D eigenvalue weighted by molar-refractivity contribution is 0.590. The molecule has 1 heterocycles. The van der Waals surface area contributed by atoms with Crippen molar-refractivity contribution in [1.82, 2.24) is 0 Å². The van der Waals surface area contributed by atoms with Gasteiger partial charge < -0.3 is 14.6 Å². The fourth-order valence-electron chi connectivity index (χ4n) is 7.27. The standard InChI is InChI=1S/C50H46N2O/c1-49(2,3)36-28-24-34(25-29-36)41-21-15-22-42(35-26-30-37(31-27-35)50(4,5)6)48(41)51-38-32-44(47-43-20-13-14-23-45(43)53-46(47)33-38)52(39-16-9-7-10-17-39)40-18-11-8-12-19-40/h7-33,51H,1-6H3. The van der Waals surface area contributed by atoms with E-state index in [9.17, 15) is 0 Å². The van der Waals surface area contributed by atoms with E-state index >= 15 is 0 Å². The maximum absolute atomic E-state index is 6.65. The van der Waals surface area contributed by atoms with Crippen LogP contribution in [0.15, 0.2) is 168 Å². The first-order valence-electron chi connectivity index (χ1n) is 18.5. The van der Waals surface area contributed by atoms with Gasteiger partial charge in [-0.3, -0.25) is 0 Å². The van der Waals surface area contributed by atoms with Crippen molar-refractivity contribution in [3.05, 3.63) is 175 Å². The van der Waals surface area contributed by atoms with Gasteiger partial charge in [0.25, 0.3) is 0 Å². The molecule has 0 bridgehead atoms. The minimum atomic E-state index is 0.0675. The molecule has 1 aromatic heterocycles. The minimum absolute atomic E-state index is 0.0675. The summed E-state index contributed by atoms with van der Waals surface area (Å²) >= 11 is 0. The molecule has 0 spiro atoms. The van der Waals surface area contributed by atoms with Crippen molar-refractivity contribution < 1.29 is 4.42 Å². The summed E-state index contributed by atoms with van der Waals surface area (Å²) in [5.74, 6) is 0. The maximum atomic E-state index is 6.65. The normalized spacial score (nSPS) is 12.0. The van der Waals surface area contributed by atoms with Crippen LogP contribution in [0.5, 0.6) is 0 Å². The van der Waals surface area contributed by atoms with Crippen LogP contribution in [0.1, 0.15) is 52.7 Å². The Morgan fingerprint density at radius 2 is 0.962 bits per heavy atom. The van der Waals surface area contributed by atoms with E-state index in [0.717, 1.165) is 72.6 Å². The van der Waals surface area contributed by atoms with E-state index in [2.05, 4.69) is 209 Å². The van der Waals surface area contributed by atoms with Crippen LogP contribution in [0.4, 0.5) is 28.4 Å². The lowest BCUT2D eigenvalue weighted by Crippen LogP contribution is -2.11. The zero-order valence-electron chi connectivity index (χ0n) is 31.4. The number of furan rings is 1. The molecule has 0 aliphatic rings. The largest absolute Gasteiger partial charge is 0.456 e. The van der Waals surface area contributed by atoms with Gasteiger partial charge in [0.2, 0.25) is 0 Å². The van der Waals surface area contributed by atoms with Crippen molar-refractivity contribution >= 4 is 50.4 Å². The van der Waals surface area contributed by atoms with Crippen LogP contribution in [0.2, 0.25) is 0 Å². The minimum Gasteiger partial charge on any atom is -0.456 e.